The van der Waals surface area contributed by atoms with Gasteiger partial charge in [0.2, 0.25) is 0 Å². The number of aromatic nitrogens is 2. The van der Waals surface area contributed by atoms with E-state index in [1.807, 2.05) is 38.4 Å². The summed E-state index contributed by atoms with van der Waals surface area (Å²) in [6.45, 7) is 4.03. The Morgan fingerprint density at radius 2 is 2.00 bits per heavy atom. The van der Waals surface area contributed by atoms with Gasteiger partial charge in [-0.05, 0) is 31.6 Å². The number of rotatable bonds is 3. The lowest BCUT2D eigenvalue weighted by molar-refractivity contribution is 0.722. The number of benzene rings is 1. The molecule has 0 radical (unpaired) electrons. The van der Waals surface area contributed by atoms with Crippen molar-refractivity contribution in [2.45, 2.75) is 19.9 Å². The first-order valence-corrected chi connectivity index (χ1v) is 6.60. The molecule has 0 fully saturated rings. The highest BCUT2D eigenvalue weighted by Crippen LogP contribution is 2.14. The molecule has 4 nitrogen and oxygen atoms in total. The smallest absolute Gasteiger partial charge is 0.171 e. The fourth-order valence-corrected chi connectivity index (χ4v) is 2.19. The first-order valence-electron chi connectivity index (χ1n) is 6.19. The van der Waals surface area contributed by atoms with Crippen molar-refractivity contribution in [3.05, 3.63) is 47.8 Å². The van der Waals surface area contributed by atoms with E-state index in [1.165, 1.54) is 5.56 Å². The van der Waals surface area contributed by atoms with Crippen molar-refractivity contribution in [3.8, 4) is 0 Å². The van der Waals surface area contributed by atoms with Gasteiger partial charge >= 0.3 is 0 Å². The molecule has 0 saturated carbocycles. The molecule has 1 atom stereocenters. The zero-order valence-corrected chi connectivity index (χ0v) is 12.2. The molecule has 1 aromatic heterocycles. The number of nitrogens with zero attached hydrogens (tertiary/aromatic N) is 2. The Balaban J connectivity index is 1.96. The number of thiocarbonyl (C=S) groups is 1. The second-order valence-corrected chi connectivity index (χ2v) is 4.94. The summed E-state index contributed by atoms with van der Waals surface area (Å²) < 4.78 is 1.76. The molecule has 1 unspecified atom stereocenters. The number of hydrogen-bond donors (Lipinski definition) is 2. The fourth-order valence-electron chi connectivity index (χ4n) is 1.90. The van der Waals surface area contributed by atoms with Crippen molar-refractivity contribution in [1.82, 2.24) is 15.1 Å². The zero-order valence-electron chi connectivity index (χ0n) is 11.3. The van der Waals surface area contributed by atoms with Gasteiger partial charge in [0.1, 0.15) is 0 Å². The predicted octanol–water partition coefficient (Wildman–Crippen LogP) is 2.78. The molecule has 5 heteroatoms. The quantitative estimate of drug-likeness (QED) is 0.845. The van der Waals surface area contributed by atoms with Gasteiger partial charge in [0.15, 0.2) is 5.11 Å². The molecule has 0 spiro atoms. The summed E-state index contributed by atoms with van der Waals surface area (Å²) >= 11 is 5.32. The van der Waals surface area contributed by atoms with Crippen LogP contribution in [0.15, 0.2) is 36.5 Å². The number of anilines is 1. The topological polar surface area (TPSA) is 41.9 Å². The van der Waals surface area contributed by atoms with Gasteiger partial charge in [-0.25, -0.2) is 0 Å². The largest absolute Gasteiger partial charge is 0.356 e. The lowest BCUT2D eigenvalue weighted by Gasteiger charge is -2.17. The van der Waals surface area contributed by atoms with Gasteiger partial charge in [-0.1, -0.05) is 30.3 Å². The van der Waals surface area contributed by atoms with Crippen LogP contribution in [0.1, 0.15) is 24.2 Å². The molecular formula is C14H18N4S. The minimum atomic E-state index is 0.165. The van der Waals surface area contributed by atoms with Crippen LogP contribution in [0.25, 0.3) is 0 Å². The van der Waals surface area contributed by atoms with Gasteiger partial charge in [-0.2, -0.15) is 5.10 Å². The van der Waals surface area contributed by atoms with Crippen molar-refractivity contribution in [1.29, 1.82) is 0 Å². The average molecular weight is 274 g/mol. The van der Waals surface area contributed by atoms with Crippen molar-refractivity contribution in [2.75, 3.05) is 5.32 Å². The molecule has 0 aliphatic rings. The SMILES string of the molecule is Cc1nn(C)cc1NC(=S)NC(C)c1ccccc1. The van der Waals surface area contributed by atoms with E-state index >= 15 is 0 Å². The van der Waals surface area contributed by atoms with E-state index in [-0.39, 0.29) is 6.04 Å². The van der Waals surface area contributed by atoms with Gasteiger partial charge in [0, 0.05) is 13.2 Å². The van der Waals surface area contributed by atoms with Crippen LogP contribution in [0.2, 0.25) is 0 Å². The summed E-state index contributed by atoms with van der Waals surface area (Å²) in [5, 5.41) is 11.3. The van der Waals surface area contributed by atoms with E-state index in [2.05, 4.69) is 34.8 Å². The summed E-state index contributed by atoms with van der Waals surface area (Å²) in [7, 11) is 1.89. The highest BCUT2D eigenvalue weighted by molar-refractivity contribution is 7.80. The van der Waals surface area contributed by atoms with Crippen LogP contribution in [0.4, 0.5) is 5.69 Å². The van der Waals surface area contributed by atoms with Crippen LogP contribution in [0, 0.1) is 6.92 Å². The Kier molecular flexibility index (Phi) is 4.16. The summed E-state index contributed by atoms with van der Waals surface area (Å²) in [4.78, 5) is 0. The number of nitrogens with one attached hydrogen (secondary N) is 2. The maximum absolute atomic E-state index is 5.32. The van der Waals surface area contributed by atoms with Crippen LogP contribution in [0.5, 0.6) is 0 Å². The first-order chi connectivity index (χ1) is 9.06. The lowest BCUT2D eigenvalue weighted by atomic mass is 10.1. The monoisotopic (exact) mass is 274 g/mol. The second-order valence-electron chi connectivity index (χ2n) is 4.53. The van der Waals surface area contributed by atoms with Crippen LogP contribution in [0.3, 0.4) is 0 Å². The van der Waals surface area contributed by atoms with Crippen LogP contribution < -0.4 is 10.6 Å². The van der Waals surface area contributed by atoms with E-state index in [0.717, 1.165) is 11.4 Å². The highest BCUT2D eigenvalue weighted by atomic mass is 32.1. The molecule has 1 aromatic carbocycles. The summed E-state index contributed by atoms with van der Waals surface area (Å²) in [5.41, 5.74) is 3.06. The van der Waals surface area contributed by atoms with Gasteiger partial charge in [0.25, 0.3) is 0 Å². The molecule has 19 heavy (non-hydrogen) atoms. The van der Waals surface area contributed by atoms with Gasteiger partial charge in [0.05, 0.1) is 17.4 Å². The number of hydrogen-bond acceptors (Lipinski definition) is 2. The molecule has 2 N–H and O–H groups in total. The Morgan fingerprint density at radius 3 is 2.58 bits per heavy atom. The molecule has 0 aliphatic carbocycles. The Labute approximate surface area is 118 Å². The molecular weight excluding hydrogens is 256 g/mol. The van der Waals surface area contributed by atoms with Crippen molar-refractivity contribution < 1.29 is 0 Å². The molecule has 0 amide bonds. The average Bonchev–Trinajstić information content (AvgIpc) is 2.68. The fraction of sp³-hybridized carbons (Fsp3) is 0.286. The van der Waals surface area contributed by atoms with E-state index in [1.54, 1.807) is 4.68 Å². The Hall–Kier alpha value is -1.88. The third-order valence-electron chi connectivity index (χ3n) is 2.91. The van der Waals surface area contributed by atoms with Crippen LogP contribution in [-0.2, 0) is 7.05 Å². The van der Waals surface area contributed by atoms with Crippen molar-refractivity contribution in [3.63, 3.8) is 0 Å². The maximum atomic E-state index is 5.32. The lowest BCUT2D eigenvalue weighted by Crippen LogP contribution is -2.30. The third kappa shape index (κ3) is 3.54. The number of aryl methyl sites for hydroxylation is 2. The molecule has 2 rings (SSSR count). The Bertz CT molecular complexity index is 562. The van der Waals surface area contributed by atoms with E-state index in [4.69, 9.17) is 12.2 Å². The molecule has 1 heterocycles. The summed E-state index contributed by atoms with van der Waals surface area (Å²) in [5.74, 6) is 0. The van der Waals surface area contributed by atoms with Crippen LogP contribution >= 0.6 is 12.2 Å². The zero-order chi connectivity index (χ0) is 13.8. The third-order valence-corrected chi connectivity index (χ3v) is 3.13. The normalized spacial score (nSPS) is 11.9. The van der Waals surface area contributed by atoms with Gasteiger partial charge in [-0.3, -0.25) is 4.68 Å². The molecule has 100 valence electrons. The molecule has 0 bridgehead atoms. The van der Waals surface area contributed by atoms with Crippen molar-refractivity contribution >= 4 is 23.0 Å². The van der Waals surface area contributed by atoms with Crippen molar-refractivity contribution in [2.24, 2.45) is 7.05 Å². The van der Waals surface area contributed by atoms with Gasteiger partial charge < -0.3 is 10.6 Å². The van der Waals surface area contributed by atoms with E-state index < -0.39 is 0 Å². The van der Waals surface area contributed by atoms with E-state index in [0.29, 0.717) is 5.11 Å². The maximum Gasteiger partial charge on any atom is 0.171 e. The summed E-state index contributed by atoms with van der Waals surface area (Å²) in [6.07, 6.45) is 1.91. The standard InChI is InChI=1S/C14H18N4S/c1-10(12-7-5-4-6-8-12)15-14(19)16-13-9-18(3)17-11(13)2/h4-10H,1-3H3,(H2,15,16,19). The Morgan fingerprint density at radius 1 is 1.32 bits per heavy atom. The molecule has 0 aliphatic heterocycles. The second kappa shape index (κ2) is 5.84. The van der Waals surface area contributed by atoms with Gasteiger partial charge in [-0.15, -0.1) is 0 Å². The first kappa shape index (κ1) is 13.5. The predicted molar refractivity (Wildman–Crippen MR) is 82.2 cm³/mol. The van der Waals surface area contributed by atoms with Crippen LogP contribution in [-0.4, -0.2) is 14.9 Å². The molecule has 0 saturated heterocycles. The minimum absolute atomic E-state index is 0.165. The minimum Gasteiger partial charge on any atom is -0.356 e. The summed E-state index contributed by atoms with van der Waals surface area (Å²) in [6, 6.07) is 10.4. The molecule has 2 aromatic rings. The highest BCUT2D eigenvalue weighted by Gasteiger charge is 2.08. The van der Waals surface area contributed by atoms with E-state index in [9.17, 15) is 0 Å².